The van der Waals surface area contributed by atoms with Crippen molar-refractivity contribution < 1.29 is 28.9 Å². The van der Waals surface area contributed by atoms with Crippen molar-refractivity contribution in [1.82, 2.24) is 4.98 Å². The molecule has 0 unspecified atom stereocenters. The topological polar surface area (TPSA) is 121 Å². The van der Waals surface area contributed by atoms with Crippen LogP contribution in [0.4, 0.5) is 5.69 Å². The number of nitrogens with one attached hydrogen (secondary N) is 1. The van der Waals surface area contributed by atoms with Gasteiger partial charge in [-0.05, 0) is 29.8 Å². The maximum Gasteiger partial charge on any atom is 0.358 e. The summed E-state index contributed by atoms with van der Waals surface area (Å²) >= 11 is 0. The van der Waals surface area contributed by atoms with Crippen LogP contribution in [0, 0.1) is 0 Å². The van der Waals surface area contributed by atoms with E-state index in [9.17, 15) is 19.5 Å². The number of hydrogen-bond donors (Lipinski definition) is 4. The summed E-state index contributed by atoms with van der Waals surface area (Å²) in [6.45, 7) is 0. The van der Waals surface area contributed by atoms with E-state index in [4.69, 9.17) is 9.47 Å². The first-order valence-corrected chi connectivity index (χ1v) is 8.36. The lowest BCUT2D eigenvalue weighted by atomic mass is 10.1. The van der Waals surface area contributed by atoms with Crippen molar-refractivity contribution in [2.45, 2.75) is 0 Å². The van der Waals surface area contributed by atoms with E-state index in [1.54, 1.807) is 18.3 Å². The van der Waals surface area contributed by atoms with Crippen LogP contribution in [-0.2, 0) is 4.57 Å². The number of hydrogen-bond acceptors (Lipinski definition) is 6. The van der Waals surface area contributed by atoms with E-state index in [1.807, 2.05) is 0 Å². The van der Waals surface area contributed by atoms with Crippen LogP contribution in [0.15, 0.2) is 42.9 Å². The highest BCUT2D eigenvalue weighted by atomic mass is 31.2. The highest BCUT2D eigenvalue weighted by Crippen LogP contribution is 2.53. The molecule has 1 aromatic heterocycles. The van der Waals surface area contributed by atoms with Crippen LogP contribution in [0.3, 0.4) is 0 Å². The lowest BCUT2D eigenvalue weighted by Crippen LogP contribution is -1.97. The largest absolute Gasteiger partial charge is 0.502 e. The summed E-state index contributed by atoms with van der Waals surface area (Å²) in [6, 6.07) is 6.00. The zero-order chi connectivity index (χ0) is 17.7. The molecular formula is C15H17N2O6P. The second kappa shape index (κ2) is 7.35. The van der Waals surface area contributed by atoms with Gasteiger partial charge in [-0.2, -0.15) is 0 Å². The van der Waals surface area contributed by atoms with Gasteiger partial charge >= 0.3 is 7.60 Å². The first-order valence-electron chi connectivity index (χ1n) is 6.75. The Kier molecular flexibility index (Phi) is 5.46. The third-order valence-corrected chi connectivity index (χ3v) is 4.14. The Morgan fingerprint density at radius 2 is 1.88 bits per heavy atom. The predicted octanol–water partition coefficient (Wildman–Crippen LogP) is 2.39. The molecule has 0 saturated heterocycles. The Balaban J connectivity index is 2.51. The minimum atomic E-state index is -4.63. The molecule has 1 heterocycles. The van der Waals surface area contributed by atoms with E-state index in [0.717, 1.165) is 0 Å². The number of phenolic OH excluding ortho intramolecular Hbond substituents is 1. The van der Waals surface area contributed by atoms with Crippen molar-refractivity contribution in [2.75, 3.05) is 19.5 Å². The highest BCUT2D eigenvalue weighted by Gasteiger charge is 2.25. The highest BCUT2D eigenvalue weighted by molar-refractivity contribution is 7.63. The summed E-state index contributed by atoms with van der Waals surface area (Å²) in [5, 5.41) is 12.4. The fraction of sp³-hybridized carbons (Fsp3) is 0.133. The minimum Gasteiger partial charge on any atom is -0.502 e. The maximum atomic E-state index is 11.9. The van der Waals surface area contributed by atoms with E-state index in [-0.39, 0.29) is 28.1 Å². The summed E-state index contributed by atoms with van der Waals surface area (Å²) in [5.41, 5.74) is 0.701. The fourth-order valence-corrected chi connectivity index (χ4v) is 2.67. The fourth-order valence-electron chi connectivity index (χ4n) is 1.98. The van der Waals surface area contributed by atoms with Gasteiger partial charge in [0.1, 0.15) is 0 Å². The second-order valence-corrected chi connectivity index (χ2v) is 6.26. The van der Waals surface area contributed by atoms with Crippen LogP contribution in [-0.4, -0.2) is 34.1 Å². The third-order valence-electron chi connectivity index (χ3n) is 3.13. The molecule has 0 bridgehead atoms. The van der Waals surface area contributed by atoms with Crippen LogP contribution in [0.1, 0.15) is 5.56 Å². The molecule has 0 spiro atoms. The molecule has 0 aliphatic rings. The maximum absolute atomic E-state index is 11.9. The smallest absolute Gasteiger partial charge is 0.358 e. The van der Waals surface area contributed by atoms with E-state index in [1.165, 1.54) is 38.7 Å². The van der Waals surface area contributed by atoms with Gasteiger partial charge < -0.3 is 29.7 Å². The van der Waals surface area contributed by atoms with E-state index in [2.05, 4.69) is 10.3 Å². The molecule has 0 radical (unpaired) electrons. The molecule has 24 heavy (non-hydrogen) atoms. The monoisotopic (exact) mass is 352 g/mol. The molecule has 4 N–H and O–H groups in total. The lowest BCUT2D eigenvalue weighted by Gasteiger charge is -2.15. The summed E-state index contributed by atoms with van der Waals surface area (Å²) in [6.07, 6.45) is 4.27. The van der Waals surface area contributed by atoms with Crippen molar-refractivity contribution >= 4 is 18.6 Å². The van der Waals surface area contributed by atoms with Crippen LogP contribution >= 0.6 is 7.60 Å². The molecule has 0 aliphatic heterocycles. The Hall–Kier alpha value is -2.54. The number of methoxy groups -OCH3 is 2. The van der Waals surface area contributed by atoms with Crippen LogP contribution < -0.4 is 14.8 Å². The summed E-state index contributed by atoms with van der Waals surface area (Å²) in [5.74, 6) is -0.191. The molecular weight excluding hydrogens is 335 g/mol. The molecule has 1 aromatic carbocycles. The summed E-state index contributed by atoms with van der Waals surface area (Å²) in [4.78, 5) is 23.2. The minimum absolute atomic E-state index is 0.0325. The van der Waals surface area contributed by atoms with E-state index >= 15 is 0 Å². The molecule has 0 atom stereocenters. The standard InChI is InChI=1S/C15H17N2O6P/c1-22-12-6-10(7-13(23-2)15(12)18)14(24(19,20)21)9-17-11-4-3-5-16-8-11/h3-9,17-18H,1-2H3,(H2,19,20,21)/b14-9+. The van der Waals surface area contributed by atoms with Crippen molar-refractivity contribution in [3.05, 3.63) is 48.4 Å². The zero-order valence-corrected chi connectivity index (χ0v) is 13.9. The average molecular weight is 352 g/mol. The van der Waals surface area contributed by atoms with Gasteiger partial charge in [0, 0.05) is 12.4 Å². The van der Waals surface area contributed by atoms with Gasteiger partial charge in [0.2, 0.25) is 5.75 Å². The molecule has 128 valence electrons. The van der Waals surface area contributed by atoms with Gasteiger partial charge in [0.15, 0.2) is 11.5 Å². The normalized spacial score (nSPS) is 11.9. The Bertz CT molecular complexity index is 763. The number of anilines is 1. The number of aromatic hydroxyl groups is 1. The van der Waals surface area contributed by atoms with E-state index in [0.29, 0.717) is 5.69 Å². The Morgan fingerprint density at radius 3 is 2.33 bits per heavy atom. The number of benzene rings is 1. The van der Waals surface area contributed by atoms with Gasteiger partial charge in [-0.3, -0.25) is 9.55 Å². The SMILES string of the molecule is COc1cc(/C(=C\Nc2cccnc2)P(=O)(O)O)cc(OC)c1O. The van der Waals surface area contributed by atoms with Crippen LogP contribution in [0.5, 0.6) is 17.2 Å². The van der Waals surface area contributed by atoms with Crippen molar-refractivity contribution in [3.63, 3.8) is 0 Å². The molecule has 0 fully saturated rings. The number of rotatable bonds is 6. The summed E-state index contributed by atoms with van der Waals surface area (Å²) < 4.78 is 21.9. The lowest BCUT2D eigenvalue weighted by molar-refractivity contribution is 0.339. The zero-order valence-electron chi connectivity index (χ0n) is 13.0. The number of aromatic nitrogens is 1. The molecule has 0 amide bonds. The number of phenols is 1. The van der Waals surface area contributed by atoms with Gasteiger partial charge in [0.25, 0.3) is 0 Å². The second-order valence-electron chi connectivity index (χ2n) is 4.69. The Morgan fingerprint density at radius 1 is 1.25 bits per heavy atom. The first kappa shape index (κ1) is 17.8. The predicted molar refractivity (Wildman–Crippen MR) is 89.1 cm³/mol. The van der Waals surface area contributed by atoms with Gasteiger partial charge in [-0.15, -0.1) is 0 Å². The van der Waals surface area contributed by atoms with Crippen LogP contribution in [0.2, 0.25) is 0 Å². The van der Waals surface area contributed by atoms with Gasteiger partial charge in [0.05, 0.1) is 31.4 Å². The molecule has 2 rings (SSSR count). The third kappa shape index (κ3) is 4.05. The number of nitrogens with zero attached hydrogens (tertiary/aromatic N) is 1. The molecule has 9 heteroatoms. The molecule has 2 aromatic rings. The molecule has 8 nitrogen and oxygen atoms in total. The first-order chi connectivity index (χ1) is 11.4. The molecule has 0 saturated carbocycles. The van der Waals surface area contributed by atoms with Crippen molar-refractivity contribution in [3.8, 4) is 17.2 Å². The molecule has 0 aliphatic carbocycles. The number of ether oxygens (including phenoxy) is 2. The Labute approximate surface area is 138 Å². The number of pyridine rings is 1. The van der Waals surface area contributed by atoms with Crippen molar-refractivity contribution in [1.29, 1.82) is 0 Å². The van der Waals surface area contributed by atoms with Gasteiger partial charge in [-0.1, -0.05) is 0 Å². The average Bonchev–Trinajstić information content (AvgIpc) is 2.55. The van der Waals surface area contributed by atoms with Crippen LogP contribution in [0.25, 0.3) is 5.31 Å². The van der Waals surface area contributed by atoms with E-state index < -0.39 is 7.60 Å². The van der Waals surface area contributed by atoms with Gasteiger partial charge in [-0.25, -0.2) is 0 Å². The quantitative estimate of drug-likeness (QED) is 0.585. The van der Waals surface area contributed by atoms with Crippen molar-refractivity contribution in [2.24, 2.45) is 0 Å². The summed E-state index contributed by atoms with van der Waals surface area (Å²) in [7, 11) is -1.97.